The Labute approximate surface area is 122 Å². The molecule has 5 nitrogen and oxygen atoms in total. The van der Waals surface area contributed by atoms with E-state index in [2.05, 4.69) is 5.10 Å². The summed E-state index contributed by atoms with van der Waals surface area (Å²) in [5, 5.41) is 4.12. The summed E-state index contributed by atoms with van der Waals surface area (Å²) in [4.78, 5) is 14.1. The van der Waals surface area contributed by atoms with Crippen molar-refractivity contribution < 1.29 is 4.39 Å². The number of anilines is 2. The molecule has 0 amide bonds. The zero-order chi connectivity index (χ0) is 15.4. The van der Waals surface area contributed by atoms with Gasteiger partial charge in [-0.25, -0.2) is 9.07 Å². The molecule has 0 bridgehead atoms. The van der Waals surface area contributed by atoms with Gasteiger partial charge < -0.3 is 10.6 Å². The Balaban J connectivity index is 2.27. The molecule has 6 heteroatoms. The highest BCUT2D eigenvalue weighted by atomic mass is 19.1. The normalized spacial score (nSPS) is 10.6. The molecule has 21 heavy (non-hydrogen) atoms. The standard InChI is InChI=1S/C15H19FN4O/c1-3-19(4-2)13-8-15(21)20(18-9-13)10-11-5-6-12(17)7-14(11)16/h5-9H,3-4,10,17H2,1-2H3. The van der Waals surface area contributed by atoms with Crippen LogP contribution in [-0.2, 0) is 6.54 Å². The average Bonchev–Trinajstić information content (AvgIpc) is 2.45. The Hall–Kier alpha value is -2.37. The number of rotatable bonds is 5. The predicted molar refractivity (Wildman–Crippen MR) is 82.0 cm³/mol. The van der Waals surface area contributed by atoms with Gasteiger partial charge >= 0.3 is 0 Å². The van der Waals surface area contributed by atoms with Gasteiger partial charge in [0.2, 0.25) is 0 Å². The topological polar surface area (TPSA) is 64.2 Å². The second-order valence-corrected chi connectivity index (χ2v) is 4.73. The highest BCUT2D eigenvalue weighted by Gasteiger charge is 2.08. The lowest BCUT2D eigenvalue weighted by molar-refractivity contribution is 0.572. The maximum Gasteiger partial charge on any atom is 0.269 e. The van der Waals surface area contributed by atoms with Crippen molar-refractivity contribution >= 4 is 11.4 Å². The van der Waals surface area contributed by atoms with Crippen molar-refractivity contribution in [2.24, 2.45) is 0 Å². The lowest BCUT2D eigenvalue weighted by atomic mass is 10.2. The minimum absolute atomic E-state index is 0.0868. The third kappa shape index (κ3) is 3.39. The second kappa shape index (κ2) is 6.39. The van der Waals surface area contributed by atoms with Crippen LogP contribution in [0.4, 0.5) is 15.8 Å². The van der Waals surface area contributed by atoms with Crippen LogP contribution < -0.4 is 16.2 Å². The van der Waals surface area contributed by atoms with Gasteiger partial charge in [0.05, 0.1) is 18.4 Å². The van der Waals surface area contributed by atoms with E-state index in [0.29, 0.717) is 11.3 Å². The van der Waals surface area contributed by atoms with Crippen LogP contribution in [0.15, 0.2) is 35.3 Å². The molecular weight excluding hydrogens is 271 g/mol. The Morgan fingerprint density at radius 1 is 1.29 bits per heavy atom. The van der Waals surface area contributed by atoms with Crippen LogP contribution in [-0.4, -0.2) is 22.9 Å². The van der Waals surface area contributed by atoms with Crippen LogP contribution in [0.3, 0.4) is 0 Å². The summed E-state index contributed by atoms with van der Waals surface area (Å²) in [6.07, 6.45) is 1.63. The molecule has 1 aromatic carbocycles. The Morgan fingerprint density at radius 2 is 2.00 bits per heavy atom. The molecule has 1 aromatic heterocycles. The quantitative estimate of drug-likeness (QED) is 0.854. The fraction of sp³-hybridized carbons (Fsp3) is 0.333. The fourth-order valence-corrected chi connectivity index (χ4v) is 2.16. The number of hydrogen-bond donors (Lipinski definition) is 1. The summed E-state index contributed by atoms with van der Waals surface area (Å²) < 4.78 is 15.0. The molecule has 0 spiro atoms. The molecule has 0 aliphatic carbocycles. The number of aromatic nitrogens is 2. The van der Waals surface area contributed by atoms with Crippen LogP contribution in [0.2, 0.25) is 0 Å². The van der Waals surface area contributed by atoms with Crippen molar-refractivity contribution in [1.29, 1.82) is 0 Å². The summed E-state index contributed by atoms with van der Waals surface area (Å²) in [6.45, 7) is 5.71. The Bertz CT molecular complexity index is 680. The molecule has 2 N–H and O–H groups in total. The van der Waals surface area contributed by atoms with Crippen LogP contribution in [0, 0.1) is 5.82 Å². The third-order valence-corrected chi connectivity index (χ3v) is 3.38. The molecule has 0 aliphatic rings. The van der Waals surface area contributed by atoms with Crippen molar-refractivity contribution in [2.75, 3.05) is 23.7 Å². The highest BCUT2D eigenvalue weighted by molar-refractivity contribution is 5.43. The first kappa shape index (κ1) is 15.0. The van der Waals surface area contributed by atoms with Gasteiger partial charge in [0.25, 0.3) is 5.56 Å². The van der Waals surface area contributed by atoms with Gasteiger partial charge in [0.15, 0.2) is 0 Å². The lowest BCUT2D eigenvalue weighted by Gasteiger charge is -2.20. The number of hydrogen-bond acceptors (Lipinski definition) is 4. The summed E-state index contributed by atoms with van der Waals surface area (Å²) in [6, 6.07) is 5.94. The largest absolute Gasteiger partial charge is 0.399 e. The molecule has 0 saturated heterocycles. The van der Waals surface area contributed by atoms with Crippen molar-refractivity contribution in [3.63, 3.8) is 0 Å². The molecule has 2 rings (SSSR count). The first-order chi connectivity index (χ1) is 10.0. The summed E-state index contributed by atoms with van der Waals surface area (Å²) in [5.41, 5.74) is 6.77. The van der Waals surface area contributed by atoms with Crippen molar-refractivity contribution in [3.8, 4) is 0 Å². The van der Waals surface area contributed by atoms with E-state index in [1.54, 1.807) is 18.3 Å². The molecule has 0 aliphatic heterocycles. The number of halogens is 1. The van der Waals surface area contributed by atoms with E-state index >= 15 is 0 Å². The van der Waals surface area contributed by atoms with Gasteiger partial charge in [0, 0.05) is 30.4 Å². The second-order valence-electron chi connectivity index (χ2n) is 4.73. The van der Waals surface area contributed by atoms with Crippen LogP contribution in [0.1, 0.15) is 19.4 Å². The zero-order valence-corrected chi connectivity index (χ0v) is 12.2. The van der Waals surface area contributed by atoms with E-state index in [1.165, 1.54) is 16.8 Å². The number of nitrogens with zero attached hydrogens (tertiary/aromatic N) is 3. The van der Waals surface area contributed by atoms with E-state index in [-0.39, 0.29) is 12.1 Å². The molecule has 0 saturated carbocycles. The van der Waals surface area contributed by atoms with Crippen molar-refractivity contribution in [3.05, 3.63) is 52.2 Å². The average molecular weight is 290 g/mol. The Kier molecular flexibility index (Phi) is 4.57. The van der Waals surface area contributed by atoms with Crippen molar-refractivity contribution in [2.45, 2.75) is 20.4 Å². The van der Waals surface area contributed by atoms with Crippen molar-refractivity contribution in [1.82, 2.24) is 9.78 Å². The Morgan fingerprint density at radius 3 is 2.57 bits per heavy atom. The maximum atomic E-state index is 13.8. The zero-order valence-electron chi connectivity index (χ0n) is 12.2. The van der Waals surface area contributed by atoms with E-state index in [9.17, 15) is 9.18 Å². The summed E-state index contributed by atoms with van der Waals surface area (Å²) in [5.74, 6) is -0.434. The van der Waals surface area contributed by atoms with E-state index in [1.807, 2.05) is 18.7 Å². The van der Waals surface area contributed by atoms with Crippen LogP contribution >= 0.6 is 0 Å². The SMILES string of the molecule is CCN(CC)c1cnn(Cc2ccc(N)cc2F)c(=O)c1. The molecular formula is C15H19FN4O. The van der Waals surface area contributed by atoms with Gasteiger partial charge in [-0.15, -0.1) is 0 Å². The third-order valence-electron chi connectivity index (χ3n) is 3.38. The maximum absolute atomic E-state index is 13.8. The number of nitrogens with two attached hydrogens (primary N) is 1. The van der Waals surface area contributed by atoms with Gasteiger partial charge in [0.1, 0.15) is 5.82 Å². The van der Waals surface area contributed by atoms with Gasteiger partial charge in [-0.05, 0) is 26.0 Å². The summed E-state index contributed by atoms with van der Waals surface area (Å²) >= 11 is 0. The molecule has 0 unspecified atom stereocenters. The molecule has 0 atom stereocenters. The van der Waals surface area contributed by atoms with E-state index < -0.39 is 5.82 Å². The number of benzene rings is 1. The fourth-order valence-electron chi connectivity index (χ4n) is 2.16. The van der Waals surface area contributed by atoms with Gasteiger partial charge in [-0.3, -0.25) is 4.79 Å². The first-order valence-electron chi connectivity index (χ1n) is 6.91. The number of nitrogen functional groups attached to an aromatic ring is 1. The van der Waals surface area contributed by atoms with Gasteiger partial charge in [-0.1, -0.05) is 6.07 Å². The van der Waals surface area contributed by atoms with Crippen LogP contribution in [0.5, 0.6) is 0 Å². The minimum atomic E-state index is -0.434. The first-order valence-corrected chi connectivity index (χ1v) is 6.91. The van der Waals surface area contributed by atoms with E-state index in [4.69, 9.17) is 5.73 Å². The highest BCUT2D eigenvalue weighted by Crippen LogP contribution is 2.13. The molecule has 0 radical (unpaired) electrons. The predicted octanol–water partition coefficient (Wildman–Crippen LogP) is 1.86. The smallest absolute Gasteiger partial charge is 0.269 e. The molecule has 0 fully saturated rings. The minimum Gasteiger partial charge on any atom is -0.399 e. The molecule has 112 valence electrons. The monoisotopic (exact) mass is 290 g/mol. The van der Waals surface area contributed by atoms with Crippen LogP contribution in [0.25, 0.3) is 0 Å². The molecule has 1 heterocycles. The lowest BCUT2D eigenvalue weighted by Crippen LogP contribution is -2.28. The van der Waals surface area contributed by atoms with E-state index in [0.717, 1.165) is 18.8 Å². The molecule has 2 aromatic rings. The van der Waals surface area contributed by atoms with Gasteiger partial charge in [-0.2, -0.15) is 5.10 Å². The summed E-state index contributed by atoms with van der Waals surface area (Å²) in [7, 11) is 0.